The van der Waals surface area contributed by atoms with E-state index in [2.05, 4.69) is 0 Å². The smallest absolute Gasteiger partial charge is 0.0711 e. The van der Waals surface area contributed by atoms with Gasteiger partial charge in [-0.05, 0) is 25.7 Å². The van der Waals surface area contributed by atoms with Gasteiger partial charge in [-0.15, -0.1) is 0 Å². The Morgan fingerprint density at radius 2 is 1.81 bits per heavy atom. The van der Waals surface area contributed by atoms with Crippen molar-refractivity contribution in [2.24, 2.45) is 11.3 Å². The van der Waals surface area contributed by atoms with Gasteiger partial charge in [0, 0.05) is 12.3 Å². The average molecular weight is 228 g/mol. The van der Waals surface area contributed by atoms with Crippen LogP contribution in [0.5, 0.6) is 0 Å². The van der Waals surface area contributed by atoms with E-state index in [1.807, 2.05) is 19.9 Å². The zero-order chi connectivity index (χ0) is 12.6. The van der Waals surface area contributed by atoms with Crippen molar-refractivity contribution in [1.82, 2.24) is 0 Å². The number of aliphatic hydroxyl groups excluding tert-OH is 2. The highest BCUT2D eigenvalue weighted by Crippen LogP contribution is 2.46. The van der Waals surface area contributed by atoms with Crippen molar-refractivity contribution in [2.75, 3.05) is 0 Å². The molecule has 0 aromatic heterocycles. The molecular weight excluding hydrogens is 204 g/mol. The maximum Gasteiger partial charge on any atom is 0.0711 e. The van der Waals surface area contributed by atoms with Crippen molar-refractivity contribution >= 4 is 0 Å². The standard InChI is InChI=1S/C13H24O3/c1-9(14)5-6-11-12(2,3)7-10(15)8-13(11,4)16/h5-6,9-11,14-16H,7-8H2,1-4H3. The van der Waals surface area contributed by atoms with E-state index in [0.717, 1.165) is 0 Å². The van der Waals surface area contributed by atoms with E-state index < -0.39 is 17.8 Å². The van der Waals surface area contributed by atoms with Crippen LogP contribution < -0.4 is 0 Å². The van der Waals surface area contributed by atoms with Gasteiger partial charge in [-0.1, -0.05) is 26.0 Å². The molecule has 3 nitrogen and oxygen atoms in total. The van der Waals surface area contributed by atoms with Crippen LogP contribution in [0.1, 0.15) is 40.5 Å². The minimum atomic E-state index is -0.910. The normalized spacial score (nSPS) is 41.2. The summed E-state index contributed by atoms with van der Waals surface area (Å²) < 4.78 is 0. The maximum atomic E-state index is 10.4. The molecule has 0 aromatic carbocycles. The number of aliphatic hydroxyl groups is 3. The molecule has 0 amide bonds. The van der Waals surface area contributed by atoms with E-state index >= 15 is 0 Å². The fraction of sp³-hybridized carbons (Fsp3) is 0.846. The third-order valence-electron chi connectivity index (χ3n) is 3.50. The van der Waals surface area contributed by atoms with Crippen LogP contribution in [0.25, 0.3) is 0 Å². The molecule has 0 spiro atoms. The van der Waals surface area contributed by atoms with E-state index in [0.29, 0.717) is 12.8 Å². The Bertz CT molecular complexity index is 248. The largest absolute Gasteiger partial charge is 0.393 e. The van der Waals surface area contributed by atoms with Crippen molar-refractivity contribution in [3.63, 3.8) is 0 Å². The lowest BCUT2D eigenvalue weighted by atomic mass is 9.61. The second kappa shape index (κ2) is 4.47. The van der Waals surface area contributed by atoms with Crippen LogP contribution >= 0.6 is 0 Å². The summed E-state index contributed by atoms with van der Waals surface area (Å²) in [7, 11) is 0. The molecule has 94 valence electrons. The first-order chi connectivity index (χ1) is 7.15. The van der Waals surface area contributed by atoms with E-state index in [4.69, 9.17) is 0 Å². The van der Waals surface area contributed by atoms with E-state index in [1.165, 1.54) is 0 Å². The van der Waals surface area contributed by atoms with Crippen LogP contribution in [0.3, 0.4) is 0 Å². The van der Waals surface area contributed by atoms with E-state index in [9.17, 15) is 15.3 Å². The van der Waals surface area contributed by atoms with E-state index in [-0.39, 0.29) is 11.3 Å². The Hall–Kier alpha value is -0.380. The molecule has 0 saturated heterocycles. The second-order valence-corrected chi connectivity index (χ2v) is 6.01. The summed E-state index contributed by atoms with van der Waals surface area (Å²) in [6.45, 7) is 7.53. The van der Waals surface area contributed by atoms with Gasteiger partial charge in [-0.3, -0.25) is 0 Å². The van der Waals surface area contributed by atoms with Crippen molar-refractivity contribution in [2.45, 2.75) is 58.3 Å². The molecule has 1 rings (SSSR count). The topological polar surface area (TPSA) is 60.7 Å². The van der Waals surface area contributed by atoms with Gasteiger partial charge in [0.15, 0.2) is 0 Å². The summed E-state index contributed by atoms with van der Waals surface area (Å²) in [5, 5.41) is 29.4. The monoisotopic (exact) mass is 228 g/mol. The van der Waals surface area contributed by atoms with Gasteiger partial charge in [0.1, 0.15) is 0 Å². The van der Waals surface area contributed by atoms with E-state index in [1.54, 1.807) is 19.9 Å². The quantitative estimate of drug-likeness (QED) is 0.627. The molecule has 0 heterocycles. The fourth-order valence-electron chi connectivity index (χ4n) is 2.99. The summed E-state index contributed by atoms with van der Waals surface area (Å²) in [6.07, 6.45) is 3.72. The van der Waals surface area contributed by atoms with Gasteiger partial charge >= 0.3 is 0 Å². The molecule has 0 aliphatic heterocycles. The van der Waals surface area contributed by atoms with Gasteiger partial charge < -0.3 is 15.3 Å². The molecule has 16 heavy (non-hydrogen) atoms. The first-order valence-corrected chi connectivity index (χ1v) is 5.92. The third kappa shape index (κ3) is 3.06. The lowest BCUT2D eigenvalue weighted by molar-refractivity contribution is -0.111. The summed E-state index contributed by atoms with van der Waals surface area (Å²) >= 11 is 0. The van der Waals surface area contributed by atoms with Gasteiger partial charge in [0.05, 0.1) is 17.8 Å². The first-order valence-electron chi connectivity index (χ1n) is 5.92. The summed E-state index contributed by atoms with van der Waals surface area (Å²) in [5.41, 5.74) is -1.07. The Kier molecular flexibility index (Phi) is 3.83. The molecule has 4 unspecified atom stereocenters. The highest BCUT2D eigenvalue weighted by Gasteiger charge is 2.47. The molecule has 0 bridgehead atoms. The Labute approximate surface area is 97.8 Å². The molecule has 0 radical (unpaired) electrons. The zero-order valence-corrected chi connectivity index (χ0v) is 10.6. The predicted octanol–water partition coefficient (Wildman–Crippen LogP) is 1.47. The molecule has 1 aliphatic carbocycles. The number of hydrogen-bond acceptors (Lipinski definition) is 3. The molecule has 3 N–H and O–H groups in total. The van der Waals surface area contributed by atoms with Crippen LogP contribution in [-0.2, 0) is 0 Å². The number of rotatable bonds is 2. The minimum absolute atomic E-state index is 0.0435. The fourth-order valence-corrected chi connectivity index (χ4v) is 2.99. The molecule has 0 aromatic rings. The Balaban J connectivity index is 2.93. The number of hydrogen-bond donors (Lipinski definition) is 3. The first kappa shape index (κ1) is 13.7. The molecule has 4 atom stereocenters. The summed E-state index contributed by atoms with van der Waals surface area (Å²) in [6, 6.07) is 0. The lowest BCUT2D eigenvalue weighted by Crippen LogP contribution is -2.50. The maximum absolute atomic E-state index is 10.4. The van der Waals surface area contributed by atoms with Crippen molar-refractivity contribution in [1.29, 1.82) is 0 Å². The van der Waals surface area contributed by atoms with Gasteiger partial charge in [0.25, 0.3) is 0 Å². The Morgan fingerprint density at radius 1 is 1.25 bits per heavy atom. The van der Waals surface area contributed by atoms with Crippen LogP contribution in [-0.4, -0.2) is 33.1 Å². The molecule has 3 heteroatoms. The molecule has 1 fully saturated rings. The van der Waals surface area contributed by atoms with Crippen LogP contribution in [0, 0.1) is 11.3 Å². The van der Waals surface area contributed by atoms with Crippen LogP contribution in [0.2, 0.25) is 0 Å². The minimum Gasteiger partial charge on any atom is -0.393 e. The zero-order valence-electron chi connectivity index (χ0n) is 10.6. The Morgan fingerprint density at radius 3 is 2.25 bits per heavy atom. The summed E-state index contributed by atoms with van der Waals surface area (Å²) in [4.78, 5) is 0. The van der Waals surface area contributed by atoms with Crippen LogP contribution in [0.15, 0.2) is 12.2 Å². The highest BCUT2D eigenvalue weighted by molar-refractivity contribution is 5.09. The second-order valence-electron chi connectivity index (χ2n) is 6.01. The average Bonchev–Trinajstić information content (AvgIpc) is 1.96. The van der Waals surface area contributed by atoms with Gasteiger partial charge in [-0.2, -0.15) is 0 Å². The molecular formula is C13H24O3. The SMILES string of the molecule is CC(O)C=CC1C(C)(C)CC(O)CC1(C)O. The summed E-state index contributed by atoms with van der Waals surface area (Å²) in [5.74, 6) is -0.0435. The molecule has 1 saturated carbocycles. The lowest BCUT2D eigenvalue weighted by Gasteiger charge is -2.48. The predicted molar refractivity (Wildman–Crippen MR) is 64.0 cm³/mol. The van der Waals surface area contributed by atoms with Crippen molar-refractivity contribution in [3.05, 3.63) is 12.2 Å². The van der Waals surface area contributed by atoms with Crippen molar-refractivity contribution in [3.8, 4) is 0 Å². The van der Waals surface area contributed by atoms with Crippen molar-refractivity contribution < 1.29 is 15.3 Å². The van der Waals surface area contributed by atoms with Crippen LogP contribution in [0.4, 0.5) is 0 Å². The molecule has 1 aliphatic rings. The van der Waals surface area contributed by atoms with Gasteiger partial charge in [0.2, 0.25) is 0 Å². The third-order valence-corrected chi connectivity index (χ3v) is 3.50. The van der Waals surface area contributed by atoms with Gasteiger partial charge in [-0.25, -0.2) is 0 Å². The highest BCUT2D eigenvalue weighted by atomic mass is 16.3.